The van der Waals surface area contributed by atoms with E-state index in [9.17, 15) is 0 Å². The molecule has 0 atom stereocenters. The topological polar surface area (TPSA) is 43.8 Å². The molecule has 2 aromatic rings. The smallest absolute Gasteiger partial charge is 0.168 e. The number of aromatic nitrogens is 2. The third kappa shape index (κ3) is 1.27. The molecule has 0 bridgehead atoms. The monoisotopic (exact) mass is 193 g/mol. The van der Waals surface area contributed by atoms with Crippen molar-refractivity contribution in [3.8, 4) is 0 Å². The first-order valence-corrected chi connectivity index (χ1v) is 5.21. The van der Waals surface area contributed by atoms with Gasteiger partial charge in [-0.3, -0.25) is 0 Å². The Hall–Kier alpha value is -1.16. The van der Waals surface area contributed by atoms with Gasteiger partial charge in [-0.25, -0.2) is 4.98 Å². The van der Waals surface area contributed by atoms with Crippen LogP contribution in [0.2, 0.25) is 0 Å². The van der Waals surface area contributed by atoms with Gasteiger partial charge < -0.3 is 10.3 Å². The summed E-state index contributed by atoms with van der Waals surface area (Å²) in [6, 6.07) is 5.79. The SMILES string of the molecule is CSc1nc2cc(N)ccc2n1C. The minimum Gasteiger partial charge on any atom is -0.399 e. The van der Waals surface area contributed by atoms with E-state index >= 15 is 0 Å². The van der Waals surface area contributed by atoms with Crippen LogP contribution in [-0.2, 0) is 7.05 Å². The minimum atomic E-state index is 0.762. The van der Waals surface area contributed by atoms with Gasteiger partial charge in [0, 0.05) is 12.7 Å². The zero-order chi connectivity index (χ0) is 9.42. The standard InChI is InChI=1S/C9H11N3S/c1-12-8-4-3-6(10)5-7(8)11-9(12)13-2/h3-5H,10H2,1-2H3. The Kier molecular flexibility index (Phi) is 1.92. The van der Waals surface area contributed by atoms with Gasteiger partial charge in [0.05, 0.1) is 11.0 Å². The highest BCUT2D eigenvalue weighted by atomic mass is 32.2. The van der Waals surface area contributed by atoms with Gasteiger partial charge in [-0.2, -0.15) is 0 Å². The fourth-order valence-corrected chi connectivity index (χ4v) is 1.94. The molecule has 0 spiro atoms. The first-order chi connectivity index (χ1) is 6.22. The van der Waals surface area contributed by atoms with Gasteiger partial charge in [0.2, 0.25) is 0 Å². The van der Waals surface area contributed by atoms with E-state index in [0.29, 0.717) is 0 Å². The maximum Gasteiger partial charge on any atom is 0.168 e. The minimum absolute atomic E-state index is 0.762. The zero-order valence-electron chi connectivity index (χ0n) is 7.61. The molecule has 0 aliphatic rings. The molecular weight excluding hydrogens is 182 g/mol. The largest absolute Gasteiger partial charge is 0.399 e. The van der Waals surface area contributed by atoms with Crippen LogP contribution in [0.3, 0.4) is 0 Å². The molecule has 68 valence electrons. The van der Waals surface area contributed by atoms with Gasteiger partial charge in [0.25, 0.3) is 0 Å². The molecule has 1 aromatic heterocycles. The fourth-order valence-electron chi connectivity index (χ4n) is 1.38. The van der Waals surface area contributed by atoms with Crippen molar-refractivity contribution >= 4 is 28.5 Å². The van der Waals surface area contributed by atoms with Gasteiger partial charge in [-0.1, -0.05) is 11.8 Å². The maximum atomic E-state index is 5.67. The van der Waals surface area contributed by atoms with E-state index in [1.54, 1.807) is 11.8 Å². The highest BCUT2D eigenvalue weighted by Gasteiger charge is 2.05. The molecule has 2 N–H and O–H groups in total. The van der Waals surface area contributed by atoms with Gasteiger partial charge in [0.1, 0.15) is 0 Å². The Morgan fingerprint density at radius 3 is 2.92 bits per heavy atom. The Labute approximate surface area is 80.9 Å². The summed E-state index contributed by atoms with van der Waals surface area (Å²) < 4.78 is 2.07. The molecule has 0 aliphatic heterocycles. The third-order valence-electron chi connectivity index (χ3n) is 2.05. The molecule has 3 nitrogen and oxygen atoms in total. The molecule has 1 heterocycles. The molecule has 13 heavy (non-hydrogen) atoms. The number of hydrogen-bond donors (Lipinski definition) is 1. The summed E-state index contributed by atoms with van der Waals surface area (Å²) in [5.74, 6) is 0. The van der Waals surface area contributed by atoms with Crippen LogP contribution in [0.15, 0.2) is 23.4 Å². The number of benzene rings is 1. The third-order valence-corrected chi connectivity index (χ3v) is 2.78. The average molecular weight is 193 g/mol. The van der Waals surface area contributed by atoms with Crippen molar-refractivity contribution < 1.29 is 0 Å². The zero-order valence-corrected chi connectivity index (χ0v) is 8.43. The van der Waals surface area contributed by atoms with Crippen molar-refractivity contribution in [2.24, 2.45) is 7.05 Å². The predicted octanol–water partition coefficient (Wildman–Crippen LogP) is 1.88. The summed E-state index contributed by atoms with van der Waals surface area (Å²) >= 11 is 1.64. The number of fused-ring (bicyclic) bond motifs is 1. The number of nitrogens with two attached hydrogens (primary N) is 1. The van der Waals surface area contributed by atoms with E-state index in [-0.39, 0.29) is 0 Å². The summed E-state index contributed by atoms with van der Waals surface area (Å²) in [5.41, 5.74) is 8.52. The summed E-state index contributed by atoms with van der Waals surface area (Å²) in [6.45, 7) is 0. The van der Waals surface area contributed by atoms with Crippen molar-refractivity contribution in [3.63, 3.8) is 0 Å². The van der Waals surface area contributed by atoms with Crippen LogP contribution in [0.4, 0.5) is 5.69 Å². The van der Waals surface area contributed by atoms with Gasteiger partial charge in [-0.15, -0.1) is 0 Å². The molecule has 0 fully saturated rings. The molecule has 1 aromatic carbocycles. The maximum absolute atomic E-state index is 5.67. The van der Waals surface area contributed by atoms with E-state index < -0.39 is 0 Å². The van der Waals surface area contributed by atoms with Crippen molar-refractivity contribution in [1.29, 1.82) is 0 Å². The second kappa shape index (κ2) is 2.96. The summed E-state index contributed by atoms with van der Waals surface area (Å²) in [7, 11) is 2.01. The summed E-state index contributed by atoms with van der Waals surface area (Å²) in [6.07, 6.45) is 2.02. The van der Waals surface area contributed by atoms with Gasteiger partial charge in [0.15, 0.2) is 5.16 Å². The normalized spacial score (nSPS) is 10.9. The molecule has 0 saturated carbocycles. The highest BCUT2D eigenvalue weighted by molar-refractivity contribution is 7.98. The van der Waals surface area contributed by atoms with E-state index in [0.717, 1.165) is 21.9 Å². The highest BCUT2D eigenvalue weighted by Crippen LogP contribution is 2.22. The van der Waals surface area contributed by atoms with E-state index in [4.69, 9.17) is 5.73 Å². The molecule has 0 saturated heterocycles. The first-order valence-electron chi connectivity index (χ1n) is 3.98. The number of aryl methyl sites for hydroxylation is 1. The van der Waals surface area contributed by atoms with Crippen LogP contribution >= 0.6 is 11.8 Å². The van der Waals surface area contributed by atoms with Crippen LogP contribution in [0.1, 0.15) is 0 Å². The van der Waals surface area contributed by atoms with Gasteiger partial charge >= 0.3 is 0 Å². The average Bonchev–Trinajstić information content (AvgIpc) is 2.42. The van der Waals surface area contributed by atoms with Crippen LogP contribution in [0.5, 0.6) is 0 Å². The lowest BCUT2D eigenvalue weighted by molar-refractivity contribution is 0.817. The van der Waals surface area contributed by atoms with Crippen molar-refractivity contribution in [3.05, 3.63) is 18.2 Å². The number of nitrogens with zero attached hydrogens (tertiary/aromatic N) is 2. The van der Waals surface area contributed by atoms with E-state index in [1.807, 2.05) is 31.5 Å². The Balaban J connectivity index is 2.76. The van der Waals surface area contributed by atoms with Gasteiger partial charge in [-0.05, 0) is 24.5 Å². The van der Waals surface area contributed by atoms with Crippen molar-refractivity contribution in [2.45, 2.75) is 5.16 Å². The molecule has 0 radical (unpaired) electrons. The lowest BCUT2D eigenvalue weighted by Gasteiger charge is -1.97. The fraction of sp³-hybridized carbons (Fsp3) is 0.222. The van der Waals surface area contributed by atoms with Crippen LogP contribution in [0.25, 0.3) is 11.0 Å². The quantitative estimate of drug-likeness (QED) is 0.555. The Morgan fingerprint density at radius 1 is 1.46 bits per heavy atom. The second-order valence-corrected chi connectivity index (χ2v) is 3.68. The van der Waals surface area contributed by atoms with Crippen molar-refractivity contribution in [1.82, 2.24) is 9.55 Å². The number of rotatable bonds is 1. The Morgan fingerprint density at radius 2 is 2.23 bits per heavy atom. The number of imidazole rings is 1. The van der Waals surface area contributed by atoms with Crippen LogP contribution < -0.4 is 5.73 Å². The van der Waals surface area contributed by atoms with Crippen LogP contribution in [-0.4, -0.2) is 15.8 Å². The Bertz CT molecular complexity index is 447. The lowest BCUT2D eigenvalue weighted by atomic mass is 10.3. The first kappa shape index (κ1) is 8.44. The predicted molar refractivity (Wildman–Crippen MR) is 56.9 cm³/mol. The number of anilines is 1. The number of hydrogen-bond acceptors (Lipinski definition) is 3. The lowest BCUT2D eigenvalue weighted by Crippen LogP contribution is -1.89. The number of nitrogen functional groups attached to an aromatic ring is 1. The van der Waals surface area contributed by atoms with Crippen molar-refractivity contribution in [2.75, 3.05) is 12.0 Å². The summed E-state index contributed by atoms with van der Waals surface area (Å²) in [4.78, 5) is 4.44. The molecule has 2 rings (SSSR count). The molecule has 0 amide bonds. The molecule has 4 heteroatoms. The molecule has 0 aliphatic carbocycles. The van der Waals surface area contributed by atoms with E-state index in [1.165, 1.54) is 0 Å². The number of thioether (sulfide) groups is 1. The van der Waals surface area contributed by atoms with Crippen LogP contribution in [0, 0.1) is 0 Å². The molecule has 0 unspecified atom stereocenters. The van der Waals surface area contributed by atoms with E-state index in [2.05, 4.69) is 9.55 Å². The molecular formula is C9H11N3S. The summed E-state index contributed by atoms with van der Waals surface area (Å²) in [5, 5.41) is 1.01. The second-order valence-electron chi connectivity index (χ2n) is 2.91.